The highest BCUT2D eigenvalue weighted by Gasteiger charge is 2.10. The summed E-state index contributed by atoms with van der Waals surface area (Å²) in [4.78, 5) is 12.0. The average molecular weight is 443 g/mol. The van der Waals surface area contributed by atoms with Gasteiger partial charge in [0.25, 0.3) is 0 Å². The predicted molar refractivity (Wildman–Crippen MR) is 107 cm³/mol. The molecule has 3 rings (SSSR count). The first-order valence-electron chi connectivity index (χ1n) is 8.01. The highest BCUT2D eigenvalue weighted by molar-refractivity contribution is 9.10. The maximum Gasteiger partial charge on any atom is 0.340 e. The Labute approximate surface area is 169 Å². The van der Waals surface area contributed by atoms with E-state index in [4.69, 9.17) is 4.74 Å². The molecule has 0 amide bonds. The lowest BCUT2D eigenvalue weighted by atomic mass is 10.2. The lowest BCUT2D eigenvalue weighted by Gasteiger charge is -2.05. The van der Waals surface area contributed by atoms with Crippen LogP contribution in [0.5, 0.6) is 0 Å². The Morgan fingerprint density at radius 2 is 1.96 bits per heavy atom. The van der Waals surface area contributed by atoms with Gasteiger partial charge in [-0.1, -0.05) is 53.9 Å². The number of carbonyl (C=O) groups is 1. The Bertz CT molecular complexity index is 1010. The number of carbonyl (C=O) groups excluding carboxylic acids is 1. The molecule has 3 aromatic rings. The molecule has 1 heterocycles. The van der Waals surface area contributed by atoms with Gasteiger partial charge in [-0.25, -0.2) is 4.79 Å². The second kappa shape index (κ2) is 9.35. The van der Waals surface area contributed by atoms with Crippen LogP contribution >= 0.6 is 27.7 Å². The van der Waals surface area contributed by atoms with E-state index in [0.717, 1.165) is 11.3 Å². The smallest absolute Gasteiger partial charge is 0.340 e. The zero-order valence-electron chi connectivity index (χ0n) is 14.4. The van der Waals surface area contributed by atoms with Crippen LogP contribution in [0.3, 0.4) is 0 Å². The second-order valence-corrected chi connectivity index (χ2v) is 7.15. The quantitative estimate of drug-likeness (QED) is 0.341. The first-order valence-corrected chi connectivity index (χ1v) is 9.79. The van der Waals surface area contributed by atoms with E-state index >= 15 is 0 Å². The van der Waals surface area contributed by atoms with Gasteiger partial charge in [-0.2, -0.15) is 4.68 Å². The maximum atomic E-state index is 12.0. The normalized spacial score (nSPS) is 10.1. The van der Waals surface area contributed by atoms with Crippen molar-refractivity contribution in [3.05, 3.63) is 64.1 Å². The average Bonchev–Trinajstić information content (AvgIpc) is 3.13. The van der Waals surface area contributed by atoms with Gasteiger partial charge in [0, 0.05) is 4.47 Å². The highest BCUT2D eigenvalue weighted by Crippen LogP contribution is 2.20. The molecule has 0 aliphatic rings. The van der Waals surface area contributed by atoms with E-state index in [1.165, 1.54) is 11.8 Å². The molecule has 0 fully saturated rings. The molecule has 0 radical (unpaired) electrons. The number of tetrazole rings is 1. The van der Waals surface area contributed by atoms with E-state index < -0.39 is 5.97 Å². The molecule has 0 aliphatic carbocycles. The van der Waals surface area contributed by atoms with Crippen LogP contribution < -0.4 is 0 Å². The van der Waals surface area contributed by atoms with E-state index in [9.17, 15) is 4.79 Å². The summed E-state index contributed by atoms with van der Waals surface area (Å²) in [5, 5.41) is 12.5. The second-order valence-electron chi connectivity index (χ2n) is 5.36. The SMILES string of the molecule is Cc1ccccc1-n1nnnc1SCC#CCOC(=O)c1ccccc1Br. The summed E-state index contributed by atoms with van der Waals surface area (Å²) in [5.41, 5.74) is 2.49. The predicted octanol–water partition coefficient (Wildman–Crippen LogP) is 3.69. The summed E-state index contributed by atoms with van der Waals surface area (Å²) in [5.74, 6) is 5.86. The number of thioether (sulfide) groups is 1. The van der Waals surface area contributed by atoms with Crippen LogP contribution in [0, 0.1) is 18.8 Å². The van der Waals surface area contributed by atoms with Crippen molar-refractivity contribution >= 4 is 33.7 Å². The van der Waals surface area contributed by atoms with E-state index in [2.05, 4.69) is 43.3 Å². The molecular weight excluding hydrogens is 428 g/mol. The van der Waals surface area contributed by atoms with Crippen LogP contribution in [0.15, 0.2) is 58.2 Å². The van der Waals surface area contributed by atoms with Gasteiger partial charge in [-0.05, 0) is 57.0 Å². The molecule has 0 bridgehead atoms. The number of aryl methyl sites for hydroxylation is 1. The van der Waals surface area contributed by atoms with Crippen molar-refractivity contribution in [1.29, 1.82) is 0 Å². The topological polar surface area (TPSA) is 69.9 Å². The van der Waals surface area contributed by atoms with Crippen molar-refractivity contribution in [1.82, 2.24) is 20.2 Å². The molecule has 8 heteroatoms. The van der Waals surface area contributed by atoms with Gasteiger partial charge < -0.3 is 4.74 Å². The lowest BCUT2D eigenvalue weighted by molar-refractivity contribution is 0.0555. The maximum absolute atomic E-state index is 12.0. The van der Waals surface area contributed by atoms with Gasteiger partial charge in [-0.15, -0.1) is 5.10 Å². The molecule has 0 unspecified atom stereocenters. The first-order chi connectivity index (χ1) is 13.2. The number of esters is 1. The zero-order valence-corrected chi connectivity index (χ0v) is 16.8. The largest absolute Gasteiger partial charge is 0.449 e. The van der Waals surface area contributed by atoms with Crippen molar-refractivity contribution in [3.8, 4) is 17.5 Å². The van der Waals surface area contributed by atoms with Crippen LogP contribution in [0.2, 0.25) is 0 Å². The summed E-state index contributed by atoms with van der Waals surface area (Å²) >= 11 is 4.74. The fourth-order valence-electron chi connectivity index (χ4n) is 2.23. The molecule has 0 aliphatic heterocycles. The molecule has 136 valence electrons. The molecule has 0 spiro atoms. The van der Waals surface area contributed by atoms with Gasteiger partial charge in [0.15, 0.2) is 6.61 Å². The number of benzene rings is 2. The molecule has 0 saturated heterocycles. The number of halogens is 1. The van der Waals surface area contributed by atoms with Crippen LogP contribution in [0.4, 0.5) is 0 Å². The Kier molecular flexibility index (Phi) is 6.63. The Balaban J connectivity index is 1.52. The minimum atomic E-state index is -0.409. The van der Waals surface area contributed by atoms with E-state index in [-0.39, 0.29) is 6.61 Å². The third kappa shape index (κ3) is 4.96. The van der Waals surface area contributed by atoms with Crippen molar-refractivity contribution in [2.24, 2.45) is 0 Å². The van der Waals surface area contributed by atoms with Gasteiger partial charge >= 0.3 is 5.97 Å². The highest BCUT2D eigenvalue weighted by atomic mass is 79.9. The van der Waals surface area contributed by atoms with Gasteiger partial charge in [0.2, 0.25) is 5.16 Å². The number of para-hydroxylation sites is 1. The van der Waals surface area contributed by atoms with E-state index in [0.29, 0.717) is 20.9 Å². The van der Waals surface area contributed by atoms with Gasteiger partial charge in [0.1, 0.15) is 0 Å². The van der Waals surface area contributed by atoms with E-state index in [1.54, 1.807) is 22.9 Å². The summed E-state index contributed by atoms with van der Waals surface area (Å²) < 4.78 is 7.54. The summed E-state index contributed by atoms with van der Waals surface area (Å²) in [7, 11) is 0. The van der Waals surface area contributed by atoms with Crippen LogP contribution in [-0.2, 0) is 4.74 Å². The minimum absolute atomic E-state index is 0.0312. The molecule has 27 heavy (non-hydrogen) atoms. The Morgan fingerprint density at radius 1 is 1.19 bits per heavy atom. The minimum Gasteiger partial charge on any atom is -0.449 e. The summed E-state index contributed by atoms with van der Waals surface area (Å²) in [6, 6.07) is 15.0. The molecule has 0 N–H and O–H groups in total. The van der Waals surface area contributed by atoms with Crippen molar-refractivity contribution in [3.63, 3.8) is 0 Å². The molecular formula is C19H15BrN4O2S. The third-order valence-corrected chi connectivity index (χ3v) is 5.05. The van der Waals surface area contributed by atoms with Crippen LogP contribution in [-0.4, -0.2) is 38.5 Å². The summed E-state index contributed by atoms with van der Waals surface area (Å²) in [6.45, 7) is 2.04. The molecule has 0 saturated carbocycles. The Morgan fingerprint density at radius 3 is 2.78 bits per heavy atom. The lowest BCUT2D eigenvalue weighted by Crippen LogP contribution is -2.06. The monoisotopic (exact) mass is 442 g/mol. The molecule has 0 atom stereocenters. The molecule has 6 nitrogen and oxygen atoms in total. The molecule has 2 aromatic carbocycles. The van der Waals surface area contributed by atoms with Crippen LogP contribution in [0.1, 0.15) is 15.9 Å². The zero-order chi connectivity index (χ0) is 19.1. The standard InChI is InChI=1S/C19H15BrN4O2S/c1-14-8-2-5-11-17(14)24-19(21-22-23-24)27-13-7-6-12-26-18(25)15-9-3-4-10-16(15)20/h2-5,8-11H,12-13H2,1H3. The number of rotatable bonds is 5. The third-order valence-electron chi connectivity index (χ3n) is 3.55. The van der Waals surface area contributed by atoms with Crippen molar-refractivity contribution in [2.45, 2.75) is 12.1 Å². The van der Waals surface area contributed by atoms with E-state index in [1.807, 2.05) is 37.3 Å². The fourth-order valence-corrected chi connectivity index (χ4v) is 3.33. The van der Waals surface area contributed by atoms with Gasteiger partial charge in [-0.3, -0.25) is 0 Å². The Hall–Kier alpha value is -2.63. The number of ether oxygens (including phenoxy) is 1. The fraction of sp³-hybridized carbons (Fsp3) is 0.158. The summed E-state index contributed by atoms with van der Waals surface area (Å²) in [6.07, 6.45) is 0. The molecule has 1 aromatic heterocycles. The van der Waals surface area contributed by atoms with Crippen molar-refractivity contribution in [2.75, 3.05) is 12.4 Å². The van der Waals surface area contributed by atoms with Crippen LogP contribution in [0.25, 0.3) is 5.69 Å². The number of nitrogens with zero attached hydrogens (tertiary/aromatic N) is 4. The van der Waals surface area contributed by atoms with Crippen molar-refractivity contribution < 1.29 is 9.53 Å². The number of hydrogen-bond acceptors (Lipinski definition) is 6. The number of hydrogen-bond donors (Lipinski definition) is 0. The first kappa shape index (κ1) is 19.1. The van der Waals surface area contributed by atoms with Gasteiger partial charge in [0.05, 0.1) is 17.0 Å². The number of aromatic nitrogens is 4.